The highest BCUT2D eigenvalue weighted by Gasteiger charge is 2.18. The number of hydrogen-bond donors (Lipinski definition) is 0. The van der Waals surface area contributed by atoms with E-state index < -0.39 is 4.92 Å². The number of ether oxygens (including phenoxy) is 1. The largest absolute Gasteiger partial charge is 0.482 e. The Balaban J connectivity index is 1.26. The van der Waals surface area contributed by atoms with Crippen molar-refractivity contribution in [3.8, 4) is 5.75 Å². The molecule has 8 nitrogen and oxygen atoms in total. The number of benzene rings is 2. The molecule has 4 rings (SSSR count). The molecule has 3 aromatic rings. The van der Waals surface area contributed by atoms with Crippen LogP contribution in [-0.4, -0.2) is 40.9 Å². The molecular formula is C24H25N3O5. The molecule has 32 heavy (non-hydrogen) atoms. The van der Waals surface area contributed by atoms with Gasteiger partial charge in [-0.05, 0) is 23.3 Å². The van der Waals surface area contributed by atoms with E-state index in [1.54, 1.807) is 12.1 Å². The Labute approximate surface area is 185 Å². The van der Waals surface area contributed by atoms with Gasteiger partial charge in [0, 0.05) is 50.9 Å². The molecule has 2 heterocycles. The summed E-state index contributed by atoms with van der Waals surface area (Å²) in [7, 11) is 0. The number of non-ortho nitro benzene ring substituents is 1. The van der Waals surface area contributed by atoms with Crippen LogP contribution in [0, 0.1) is 10.1 Å². The maximum Gasteiger partial charge on any atom is 0.269 e. The molecule has 1 aliphatic heterocycles. The van der Waals surface area contributed by atoms with Crippen molar-refractivity contribution in [3.05, 3.63) is 104 Å². The molecule has 166 valence electrons. The van der Waals surface area contributed by atoms with Crippen molar-refractivity contribution in [2.75, 3.05) is 26.2 Å². The van der Waals surface area contributed by atoms with E-state index in [-0.39, 0.29) is 23.5 Å². The van der Waals surface area contributed by atoms with Crippen molar-refractivity contribution in [3.63, 3.8) is 0 Å². The summed E-state index contributed by atoms with van der Waals surface area (Å²) in [6.45, 7) is 5.42. The van der Waals surface area contributed by atoms with E-state index in [2.05, 4.69) is 34.1 Å². The summed E-state index contributed by atoms with van der Waals surface area (Å²) in [6, 6.07) is 17.9. The predicted molar refractivity (Wildman–Crippen MR) is 119 cm³/mol. The fraction of sp³-hybridized carbons (Fsp3) is 0.292. The molecular weight excluding hydrogens is 410 g/mol. The van der Waals surface area contributed by atoms with E-state index in [1.807, 2.05) is 6.07 Å². The van der Waals surface area contributed by atoms with E-state index in [9.17, 15) is 14.9 Å². The monoisotopic (exact) mass is 435 g/mol. The second-order valence-corrected chi connectivity index (χ2v) is 7.82. The molecule has 0 N–H and O–H groups in total. The van der Waals surface area contributed by atoms with Gasteiger partial charge in [-0.15, -0.1) is 0 Å². The van der Waals surface area contributed by atoms with Crippen LogP contribution in [0.2, 0.25) is 0 Å². The van der Waals surface area contributed by atoms with Crippen molar-refractivity contribution in [2.24, 2.45) is 0 Å². The van der Waals surface area contributed by atoms with Crippen LogP contribution >= 0.6 is 0 Å². The Hall–Kier alpha value is -3.49. The molecule has 8 heteroatoms. The smallest absolute Gasteiger partial charge is 0.269 e. The zero-order valence-electron chi connectivity index (χ0n) is 17.7. The SMILES string of the molecule is O=c1cc(CN2CCN(Cc3ccccc3)CC2)occ1OCc1ccc([N+](=O)[O-])cc1. The molecule has 1 aliphatic rings. The van der Waals surface area contributed by atoms with Crippen molar-refractivity contribution in [2.45, 2.75) is 19.7 Å². The second kappa shape index (κ2) is 10.2. The third-order valence-electron chi connectivity index (χ3n) is 5.49. The van der Waals surface area contributed by atoms with Gasteiger partial charge in [0.05, 0.1) is 11.5 Å². The molecule has 0 unspecified atom stereocenters. The average Bonchev–Trinajstić information content (AvgIpc) is 2.81. The summed E-state index contributed by atoms with van der Waals surface area (Å²) in [4.78, 5) is 27.4. The summed E-state index contributed by atoms with van der Waals surface area (Å²) in [5.74, 6) is 0.731. The van der Waals surface area contributed by atoms with E-state index in [1.165, 1.54) is 30.0 Å². The van der Waals surface area contributed by atoms with Crippen LogP contribution in [0.3, 0.4) is 0 Å². The highest BCUT2D eigenvalue weighted by molar-refractivity contribution is 5.33. The summed E-state index contributed by atoms with van der Waals surface area (Å²) < 4.78 is 11.2. The highest BCUT2D eigenvalue weighted by Crippen LogP contribution is 2.15. The first-order valence-electron chi connectivity index (χ1n) is 10.5. The van der Waals surface area contributed by atoms with Crippen LogP contribution < -0.4 is 10.2 Å². The lowest BCUT2D eigenvalue weighted by Crippen LogP contribution is -2.45. The maximum absolute atomic E-state index is 12.4. The molecule has 0 amide bonds. The molecule has 0 radical (unpaired) electrons. The summed E-state index contributed by atoms with van der Waals surface area (Å²) in [6.07, 6.45) is 1.34. The van der Waals surface area contributed by atoms with Crippen molar-refractivity contribution >= 4 is 5.69 Å². The first-order valence-corrected chi connectivity index (χ1v) is 10.5. The fourth-order valence-electron chi connectivity index (χ4n) is 3.67. The molecule has 1 fully saturated rings. The third kappa shape index (κ3) is 5.81. The number of piperazine rings is 1. The molecule has 1 aromatic heterocycles. The number of nitrogens with zero attached hydrogens (tertiary/aromatic N) is 3. The maximum atomic E-state index is 12.4. The molecule has 2 aromatic carbocycles. The van der Waals surface area contributed by atoms with Crippen LogP contribution in [-0.2, 0) is 19.7 Å². The molecule has 1 saturated heterocycles. The first kappa shape index (κ1) is 21.7. The average molecular weight is 435 g/mol. The molecule has 0 aliphatic carbocycles. The predicted octanol–water partition coefficient (Wildman–Crippen LogP) is 3.44. The van der Waals surface area contributed by atoms with Crippen LogP contribution in [0.25, 0.3) is 0 Å². The quantitative estimate of drug-likeness (QED) is 0.395. The van der Waals surface area contributed by atoms with Crippen molar-refractivity contribution < 1.29 is 14.1 Å². The Kier molecular flexibility index (Phi) is 6.94. The molecule has 0 spiro atoms. The Bertz CT molecular complexity index is 1090. The van der Waals surface area contributed by atoms with Crippen molar-refractivity contribution in [1.29, 1.82) is 0 Å². The van der Waals surface area contributed by atoms with Gasteiger partial charge < -0.3 is 9.15 Å². The number of hydrogen-bond acceptors (Lipinski definition) is 7. The lowest BCUT2D eigenvalue weighted by Gasteiger charge is -2.34. The van der Waals surface area contributed by atoms with Crippen molar-refractivity contribution in [1.82, 2.24) is 9.80 Å². The number of nitro groups is 1. The van der Waals surface area contributed by atoms with E-state index in [0.717, 1.165) is 38.3 Å². The molecule has 0 bridgehead atoms. The van der Waals surface area contributed by atoms with Crippen LogP contribution in [0.15, 0.2) is 76.1 Å². The van der Waals surface area contributed by atoms with Crippen LogP contribution in [0.1, 0.15) is 16.9 Å². The molecule has 0 atom stereocenters. The minimum Gasteiger partial charge on any atom is -0.482 e. The summed E-state index contributed by atoms with van der Waals surface area (Å²) in [5, 5.41) is 10.7. The minimum atomic E-state index is -0.457. The number of nitro benzene ring substituents is 1. The third-order valence-corrected chi connectivity index (χ3v) is 5.49. The number of rotatable bonds is 8. The van der Waals surface area contributed by atoms with Gasteiger partial charge in [-0.25, -0.2) is 0 Å². The van der Waals surface area contributed by atoms with E-state index in [4.69, 9.17) is 9.15 Å². The summed E-state index contributed by atoms with van der Waals surface area (Å²) >= 11 is 0. The van der Waals surface area contributed by atoms with Gasteiger partial charge in [0.1, 0.15) is 18.6 Å². The fourth-order valence-corrected chi connectivity index (χ4v) is 3.67. The van der Waals surface area contributed by atoms with Gasteiger partial charge in [0.25, 0.3) is 5.69 Å². The second-order valence-electron chi connectivity index (χ2n) is 7.82. The Morgan fingerprint density at radius 2 is 1.56 bits per heavy atom. The van der Waals surface area contributed by atoms with Gasteiger partial charge in [0.15, 0.2) is 0 Å². The van der Waals surface area contributed by atoms with E-state index >= 15 is 0 Å². The van der Waals surface area contributed by atoms with E-state index in [0.29, 0.717) is 12.3 Å². The van der Waals surface area contributed by atoms with Gasteiger partial charge in [-0.2, -0.15) is 0 Å². The van der Waals surface area contributed by atoms with Gasteiger partial charge in [-0.3, -0.25) is 24.7 Å². The zero-order valence-corrected chi connectivity index (χ0v) is 17.7. The standard InChI is InChI=1S/C24H25N3O5/c28-23-14-22(16-26-12-10-25(11-13-26)15-19-4-2-1-3-5-19)31-18-24(23)32-17-20-6-8-21(9-7-20)27(29)30/h1-9,14,18H,10-13,15-17H2. The minimum absolute atomic E-state index is 0.0125. The van der Waals surface area contributed by atoms with Crippen LogP contribution in [0.5, 0.6) is 5.75 Å². The Morgan fingerprint density at radius 3 is 2.19 bits per heavy atom. The zero-order chi connectivity index (χ0) is 22.3. The van der Waals surface area contributed by atoms with Gasteiger partial charge >= 0.3 is 0 Å². The first-order chi connectivity index (χ1) is 15.6. The lowest BCUT2D eigenvalue weighted by molar-refractivity contribution is -0.384. The lowest BCUT2D eigenvalue weighted by atomic mass is 10.2. The van der Waals surface area contributed by atoms with Crippen LogP contribution in [0.4, 0.5) is 5.69 Å². The summed E-state index contributed by atoms with van der Waals surface area (Å²) in [5.41, 5.74) is 1.82. The van der Waals surface area contributed by atoms with Gasteiger partial charge in [-0.1, -0.05) is 30.3 Å². The topological polar surface area (TPSA) is 89.1 Å². The normalized spacial score (nSPS) is 14.9. The molecule has 0 saturated carbocycles. The van der Waals surface area contributed by atoms with Gasteiger partial charge in [0.2, 0.25) is 11.2 Å². The highest BCUT2D eigenvalue weighted by atomic mass is 16.6. The Morgan fingerprint density at radius 1 is 0.906 bits per heavy atom.